The SMILES string of the molecule is Nc1coc2ccc(C(=O)CCCCCCCCCCCCCCCc3ccccc3)cc2c1=O. The van der Waals surface area contributed by atoms with E-state index in [1.807, 2.05) is 0 Å². The summed E-state index contributed by atoms with van der Waals surface area (Å²) in [5.41, 5.74) is 7.90. The van der Waals surface area contributed by atoms with E-state index >= 15 is 0 Å². The lowest BCUT2D eigenvalue weighted by Crippen LogP contribution is -2.08. The van der Waals surface area contributed by atoms with Crippen molar-refractivity contribution in [2.24, 2.45) is 0 Å². The van der Waals surface area contributed by atoms with Crippen LogP contribution in [0.3, 0.4) is 0 Å². The summed E-state index contributed by atoms with van der Waals surface area (Å²) in [6, 6.07) is 15.8. The summed E-state index contributed by atoms with van der Waals surface area (Å²) in [7, 11) is 0. The Hall–Kier alpha value is -2.88. The number of nitrogens with two attached hydrogens (primary N) is 1. The van der Waals surface area contributed by atoms with Gasteiger partial charge >= 0.3 is 0 Å². The summed E-state index contributed by atoms with van der Waals surface area (Å²) in [5, 5.41) is 0.374. The predicted octanol–water partition coefficient (Wildman–Crippen LogP) is 8.26. The molecule has 2 N–H and O–H groups in total. The smallest absolute Gasteiger partial charge is 0.215 e. The number of rotatable bonds is 17. The molecule has 0 aliphatic carbocycles. The van der Waals surface area contributed by atoms with Gasteiger partial charge in [0.2, 0.25) is 5.43 Å². The van der Waals surface area contributed by atoms with Crippen LogP contribution in [-0.4, -0.2) is 5.78 Å². The topological polar surface area (TPSA) is 73.3 Å². The molecular weight excluding hydrogens is 434 g/mol. The Morgan fingerprint density at radius 2 is 1.29 bits per heavy atom. The van der Waals surface area contributed by atoms with Crippen molar-refractivity contribution in [3.05, 3.63) is 76.1 Å². The highest BCUT2D eigenvalue weighted by atomic mass is 16.3. The molecule has 0 bridgehead atoms. The average Bonchev–Trinajstić information content (AvgIpc) is 2.89. The number of Topliss-reactive ketones (excluding diaryl/α,β-unsaturated/α-hetero) is 1. The van der Waals surface area contributed by atoms with Crippen molar-refractivity contribution in [2.45, 2.75) is 96.3 Å². The van der Waals surface area contributed by atoms with Gasteiger partial charge in [-0.05, 0) is 43.0 Å². The summed E-state index contributed by atoms with van der Waals surface area (Å²) in [6.07, 6.45) is 19.5. The molecule has 0 spiro atoms. The number of carbonyl (C=O) groups excluding carboxylic acids is 1. The second-order valence-electron chi connectivity index (χ2n) is 9.74. The highest BCUT2D eigenvalue weighted by Gasteiger charge is 2.10. The van der Waals surface area contributed by atoms with E-state index in [1.54, 1.807) is 18.2 Å². The summed E-state index contributed by atoms with van der Waals surface area (Å²) < 4.78 is 5.32. The molecule has 0 fully saturated rings. The third-order valence-electron chi connectivity index (χ3n) is 6.83. The first-order valence-corrected chi connectivity index (χ1v) is 13.5. The number of benzene rings is 2. The number of fused-ring (bicyclic) bond motifs is 1. The number of anilines is 1. The number of unbranched alkanes of at least 4 members (excludes halogenated alkanes) is 12. The van der Waals surface area contributed by atoms with Crippen LogP contribution in [0.4, 0.5) is 5.69 Å². The van der Waals surface area contributed by atoms with Crippen molar-refractivity contribution in [1.82, 2.24) is 0 Å². The predicted molar refractivity (Wildman–Crippen MR) is 146 cm³/mol. The molecule has 0 saturated carbocycles. The summed E-state index contributed by atoms with van der Waals surface area (Å²) in [5.74, 6) is 0.0776. The van der Waals surface area contributed by atoms with Crippen LogP contribution < -0.4 is 11.2 Å². The zero-order chi connectivity index (χ0) is 24.7. The van der Waals surface area contributed by atoms with E-state index in [2.05, 4.69) is 30.3 Å². The molecule has 1 heterocycles. The third kappa shape index (κ3) is 9.35. The van der Waals surface area contributed by atoms with E-state index < -0.39 is 0 Å². The number of hydrogen-bond donors (Lipinski definition) is 1. The fourth-order valence-corrected chi connectivity index (χ4v) is 4.67. The summed E-state index contributed by atoms with van der Waals surface area (Å²) >= 11 is 0. The second kappa shape index (κ2) is 15.2. The van der Waals surface area contributed by atoms with Crippen molar-refractivity contribution < 1.29 is 9.21 Å². The van der Waals surface area contributed by atoms with Crippen molar-refractivity contribution in [3.8, 4) is 0 Å². The van der Waals surface area contributed by atoms with E-state index in [0.29, 0.717) is 23.0 Å². The molecule has 0 radical (unpaired) electrons. The minimum Gasteiger partial charge on any atom is -0.462 e. The Bertz CT molecular complexity index is 1090. The zero-order valence-electron chi connectivity index (χ0n) is 21.1. The van der Waals surface area contributed by atoms with E-state index in [0.717, 1.165) is 12.8 Å². The van der Waals surface area contributed by atoms with Gasteiger partial charge in [-0.15, -0.1) is 0 Å². The minimum absolute atomic E-state index is 0.0663. The largest absolute Gasteiger partial charge is 0.462 e. The fraction of sp³-hybridized carbons (Fsp3) is 0.484. The number of hydrogen-bond acceptors (Lipinski definition) is 4. The molecule has 0 saturated heterocycles. The average molecular weight is 476 g/mol. The lowest BCUT2D eigenvalue weighted by Gasteiger charge is -2.05. The molecule has 2 aromatic carbocycles. The molecule has 3 rings (SSSR count). The molecule has 3 aromatic rings. The molecule has 35 heavy (non-hydrogen) atoms. The summed E-state index contributed by atoms with van der Waals surface area (Å²) in [6.45, 7) is 0. The molecule has 0 unspecified atom stereocenters. The second-order valence-corrected chi connectivity index (χ2v) is 9.74. The highest BCUT2D eigenvalue weighted by molar-refractivity contribution is 5.99. The van der Waals surface area contributed by atoms with Gasteiger partial charge < -0.3 is 10.2 Å². The van der Waals surface area contributed by atoms with Crippen LogP contribution in [-0.2, 0) is 6.42 Å². The van der Waals surface area contributed by atoms with Crippen LogP contribution in [0.1, 0.15) is 106 Å². The van der Waals surface area contributed by atoms with Crippen molar-refractivity contribution in [1.29, 1.82) is 0 Å². The van der Waals surface area contributed by atoms with Gasteiger partial charge in [0.1, 0.15) is 17.5 Å². The molecule has 0 aliphatic rings. The Morgan fingerprint density at radius 1 is 0.714 bits per heavy atom. The maximum Gasteiger partial charge on any atom is 0.215 e. The maximum atomic E-state index is 12.5. The quantitative estimate of drug-likeness (QED) is 0.157. The molecular formula is C31H41NO3. The minimum atomic E-state index is -0.278. The number of carbonyl (C=O) groups is 1. The maximum absolute atomic E-state index is 12.5. The summed E-state index contributed by atoms with van der Waals surface area (Å²) in [4.78, 5) is 24.7. The van der Waals surface area contributed by atoms with Gasteiger partial charge in [-0.1, -0.05) is 101 Å². The van der Waals surface area contributed by atoms with Crippen LogP contribution in [0.2, 0.25) is 0 Å². The van der Waals surface area contributed by atoms with Gasteiger partial charge in [-0.3, -0.25) is 9.59 Å². The Morgan fingerprint density at radius 3 is 1.91 bits per heavy atom. The Balaban J connectivity index is 1.14. The van der Waals surface area contributed by atoms with Crippen molar-refractivity contribution in [2.75, 3.05) is 5.73 Å². The normalized spacial score (nSPS) is 11.2. The van der Waals surface area contributed by atoms with Crippen LogP contribution in [0.15, 0.2) is 64.0 Å². The van der Waals surface area contributed by atoms with Crippen LogP contribution >= 0.6 is 0 Å². The first kappa shape index (κ1) is 26.7. The van der Waals surface area contributed by atoms with Gasteiger partial charge in [-0.25, -0.2) is 0 Å². The molecule has 4 heteroatoms. The van der Waals surface area contributed by atoms with Gasteiger partial charge in [-0.2, -0.15) is 0 Å². The molecule has 1 aromatic heterocycles. The standard InChI is InChI=1S/C31H41NO3/c32-28-24-35-30-22-21-26(23-27(30)31(28)34)29(33)20-16-11-9-7-5-3-1-2-4-6-8-10-13-17-25-18-14-12-15-19-25/h12,14-15,18-19,21-24H,1-11,13,16-17,20,32H2. The van der Waals surface area contributed by atoms with Gasteiger partial charge in [0, 0.05) is 12.0 Å². The van der Waals surface area contributed by atoms with Crippen molar-refractivity contribution in [3.63, 3.8) is 0 Å². The Labute approximate surface area is 209 Å². The van der Waals surface area contributed by atoms with Crippen molar-refractivity contribution >= 4 is 22.4 Å². The lowest BCUT2D eigenvalue weighted by atomic mass is 10.0. The lowest BCUT2D eigenvalue weighted by molar-refractivity contribution is 0.0979. The monoisotopic (exact) mass is 475 g/mol. The van der Waals surface area contributed by atoms with Crippen LogP contribution in [0.25, 0.3) is 11.0 Å². The molecule has 0 amide bonds. The highest BCUT2D eigenvalue weighted by Crippen LogP contribution is 2.18. The van der Waals surface area contributed by atoms with Gasteiger partial charge in [0.05, 0.1) is 5.39 Å². The van der Waals surface area contributed by atoms with E-state index in [-0.39, 0.29) is 16.9 Å². The fourth-order valence-electron chi connectivity index (χ4n) is 4.67. The number of ketones is 1. The number of nitrogen functional groups attached to an aromatic ring is 1. The van der Waals surface area contributed by atoms with E-state index in [4.69, 9.17) is 10.2 Å². The molecule has 188 valence electrons. The number of aryl methyl sites for hydroxylation is 1. The van der Waals surface area contributed by atoms with Crippen LogP contribution in [0, 0.1) is 0 Å². The third-order valence-corrected chi connectivity index (χ3v) is 6.83. The van der Waals surface area contributed by atoms with Gasteiger partial charge in [0.15, 0.2) is 5.78 Å². The first-order valence-electron chi connectivity index (χ1n) is 13.5. The first-order chi connectivity index (χ1) is 17.1. The molecule has 4 nitrogen and oxygen atoms in total. The molecule has 0 aliphatic heterocycles. The van der Waals surface area contributed by atoms with Crippen LogP contribution in [0.5, 0.6) is 0 Å². The van der Waals surface area contributed by atoms with E-state index in [9.17, 15) is 9.59 Å². The van der Waals surface area contributed by atoms with E-state index in [1.165, 1.54) is 88.9 Å². The zero-order valence-corrected chi connectivity index (χ0v) is 21.1. The molecule has 0 atom stereocenters. The van der Waals surface area contributed by atoms with Gasteiger partial charge in [0.25, 0.3) is 0 Å². The Kier molecular flexibility index (Phi) is 11.6.